The monoisotopic (exact) mass is 228 g/mol. The zero-order valence-electron chi connectivity index (χ0n) is 8.60. The average molecular weight is 228 g/mol. The second-order valence-corrected chi connectivity index (χ2v) is 4.06. The topological polar surface area (TPSA) is 17.1 Å². The summed E-state index contributed by atoms with van der Waals surface area (Å²) in [7, 11) is 0. The first-order valence-electron chi connectivity index (χ1n) is 5.26. The van der Waals surface area contributed by atoms with Crippen LogP contribution in [0.5, 0.6) is 0 Å². The summed E-state index contributed by atoms with van der Waals surface area (Å²) < 4.78 is 39.4. The van der Waals surface area contributed by atoms with E-state index in [9.17, 15) is 18.0 Å². The highest BCUT2D eigenvalue weighted by molar-refractivity contribution is 5.86. The van der Waals surface area contributed by atoms with Crippen molar-refractivity contribution in [2.45, 2.75) is 31.6 Å². The first-order chi connectivity index (χ1) is 7.59. The summed E-state index contributed by atoms with van der Waals surface area (Å²) in [6.07, 6.45) is 2.39. The van der Waals surface area contributed by atoms with Gasteiger partial charge < -0.3 is 0 Å². The van der Waals surface area contributed by atoms with Crippen LogP contribution in [0, 0.1) is 17.5 Å². The number of ketones is 1. The number of carbonyl (C=O) groups is 1. The Morgan fingerprint density at radius 3 is 2.56 bits per heavy atom. The first kappa shape index (κ1) is 11.2. The average Bonchev–Trinajstić information content (AvgIpc) is 2.24. The van der Waals surface area contributed by atoms with E-state index in [0.29, 0.717) is 18.9 Å². The van der Waals surface area contributed by atoms with Crippen molar-refractivity contribution in [2.75, 3.05) is 0 Å². The van der Waals surface area contributed by atoms with Crippen molar-refractivity contribution in [3.05, 3.63) is 35.1 Å². The molecule has 0 aromatic heterocycles. The van der Waals surface area contributed by atoms with E-state index in [-0.39, 0.29) is 11.3 Å². The number of hydrogen-bond acceptors (Lipinski definition) is 1. The fourth-order valence-electron chi connectivity index (χ4n) is 2.14. The summed E-state index contributed by atoms with van der Waals surface area (Å²) >= 11 is 0. The van der Waals surface area contributed by atoms with Crippen molar-refractivity contribution in [3.63, 3.8) is 0 Å². The van der Waals surface area contributed by atoms with Crippen molar-refractivity contribution >= 4 is 5.78 Å². The minimum Gasteiger partial charge on any atom is -0.299 e. The van der Waals surface area contributed by atoms with Crippen LogP contribution >= 0.6 is 0 Å². The lowest BCUT2D eigenvalue weighted by atomic mass is 9.82. The predicted octanol–water partition coefficient (Wildman–Crippen LogP) is 3.33. The van der Waals surface area contributed by atoms with Gasteiger partial charge in [-0.05, 0) is 18.9 Å². The fraction of sp³-hybridized carbons (Fsp3) is 0.417. The molecule has 1 unspecified atom stereocenters. The Hall–Kier alpha value is -1.32. The number of benzene rings is 1. The van der Waals surface area contributed by atoms with Gasteiger partial charge in [0.1, 0.15) is 11.6 Å². The molecule has 0 spiro atoms. The highest BCUT2D eigenvalue weighted by atomic mass is 19.2. The summed E-state index contributed by atoms with van der Waals surface area (Å²) in [5, 5.41) is 0. The Morgan fingerprint density at radius 2 is 1.88 bits per heavy atom. The van der Waals surface area contributed by atoms with Gasteiger partial charge in [-0.3, -0.25) is 4.79 Å². The Bertz CT molecular complexity index is 429. The Balaban J connectivity index is 2.42. The summed E-state index contributed by atoms with van der Waals surface area (Å²) in [5.41, 5.74) is -0.137. The zero-order valence-corrected chi connectivity index (χ0v) is 8.60. The molecule has 1 atom stereocenters. The Kier molecular flexibility index (Phi) is 2.99. The minimum atomic E-state index is -1.23. The van der Waals surface area contributed by atoms with Gasteiger partial charge in [-0.25, -0.2) is 13.2 Å². The predicted molar refractivity (Wildman–Crippen MR) is 52.5 cm³/mol. The Morgan fingerprint density at radius 1 is 1.12 bits per heavy atom. The maximum Gasteiger partial charge on any atom is 0.162 e. The fourth-order valence-corrected chi connectivity index (χ4v) is 2.14. The highest BCUT2D eigenvalue weighted by Crippen LogP contribution is 2.32. The molecule has 4 heteroatoms. The van der Waals surface area contributed by atoms with Gasteiger partial charge >= 0.3 is 0 Å². The number of halogens is 3. The molecule has 2 rings (SSSR count). The van der Waals surface area contributed by atoms with Crippen LogP contribution in [0.2, 0.25) is 0 Å². The molecule has 1 aliphatic carbocycles. The largest absolute Gasteiger partial charge is 0.299 e. The van der Waals surface area contributed by atoms with Crippen LogP contribution in [0.3, 0.4) is 0 Å². The van der Waals surface area contributed by atoms with Gasteiger partial charge in [0.05, 0.1) is 0 Å². The van der Waals surface area contributed by atoms with Crippen LogP contribution in [0.15, 0.2) is 12.1 Å². The van der Waals surface area contributed by atoms with Gasteiger partial charge in [0, 0.05) is 24.0 Å². The van der Waals surface area contributed by atoms with Gasteiger partial charge in [-0.15, -0.1) is 0 Å². The summed E-state index contributed by atoms with van der Waals surface area (Å²) in [6.45, 7) is 0. The van der Waals surface area contributed by atoms with E-state index in [0.717, 1.165) is 18.9 Å². The molecule has 1 fully saturated rings. The standard InChI is InChI=1S/C12H11F3O/c13-7-5-9(12(15)10(14)6-7)8-3-1-2-4-11(8)16/h5-6,8H,1-4H2. The van der Waals surface area contributed by atoms with Gasteiger partial charge in [0.2, 0.25) is 0 Å². The molecular weight excluding hydrogens is 217 g/mol. The molecule has 1 aromatic carbocycles. The normalized spacial score (nSPS) is 21.2. The van der Waals surface area contributed by atoms with E-state index in [1.807, 2.05) is 0 Å². The van der Waals surface area contributed by atoms with E-state index in [1.165, 1.54) is 0 Å². The van der Waals surface area contributed by atoms with Crippen LogP contribution in [0.1, 0.15) is 37.2 Å². The molecule has 86 valence electrons. The second-order valence-electron chi connectivity index (χ2n) is 4.06. The molecule has 0 amide bonds. The maximum absolute atomic E-state index is 13.4. The van der Waals surface area contributed by atoms with Crippen LogP contribution < -0.4 is 0 Å². The van der Waals surface area contributed by atoms with Crippen LogP contribution in [-0.4, -0.2) is 5.78 Å². The molecule has 1 nitrogen and oxygen atoms in total. The van der Waals surface area contributed by atoms with Crippen molar-refractivity contribution < 1.29 is 18.0 Å². The summed E-state index contributed by atoms with van der Waals surface area (Å²) in [4.78, 5) is 11.6. The molecule has 0 aliphatic heterocycles. The van der Waals surface area contributed by atoms with E-state index >= 15 is 0 Å². The molecule has 0 N–H and O–H groups in total. The molecule has 1 aromatic rings. The van der Waals surface area contributed by atoms with Crippen molar-refractivity contribution in [1.29, 1.82) is 0 Å². The SMILES string of the molecule is O=C1CCCCC1c1cc(F)cc(F)c1F. The van der Waals surface area contributed by atoms with Crippen LogP contribution in [0.25, 0.3) is 0 Å². The van der Waals surface area contributed by atoms with Crippen LogP contribution in [-0.2, 0) is 4.79 Å². The number of carbonyl (C=O) groups excluding carboxylic acids is 1. The molecule has 16 heavy (non-hydrogen) atoms. The third-order valence-electron chi connectivity index (χ3n) is 2.95. The van der Waals surface area contributed by atoms with Crippen molar-refractivity contribution in [2.24, 2.45) is 0 Å². The molecule has 0 saturated heterocycles. The maximum atomic E-state index is 13.4. The van der Waals surface area contributed by atoms with Crippen molar-refractivity contribution in [3.8, 4) is 0 Å². The van der Waals surface area contributed by atoms with Gasteiger partial charge in [-0.1, -0.05) is 6.42 Å². The third kappa shape index (κ3) is 1.96. The molecule has 0 heterocycles. The second kappa shape index (κ2) is 4.28. The lowest BCUT2D eigenvalue weighted by molar-refractivity contribution is -0.121. The quantitative estimate of drug-likeness (QED) is 0.674. The molecule has 1 saturated carbocycles. The molecular formula is C12H11F3O. The van der Waals surface area contributed by atoms with Crippen molar-refractivity contribution in [1.82, 2.24) is 0 Å². The van der Waals surface area contributed by atoms with Gasteiger partial charge in [0.25, 0.3) is 0 Å². The van der Waals surface area contributed by atoms with E-state index in [1.54, 1.807) is 0 Å². The smallest absolute Gasteiger partial charge is 0.162 e. The van der Waals surface area contributed by atoms with E-state index in [2.05, 4.69) is 0 Å². The van der Waals surface area contributed by atoms with Gasteiger partial charge in [-0.2, -0.15) is 0 Å². The van der Waals surface area contributed by atoms with Crippen LogP contribution in [0.4, 0.5) is 13.2 Å². The molecule has 0 radical (unpaired) electrons. The summed E-state index contributed by atoms with van der Waals surface area (Å²) in [5.74, 6) is -3.98. The Labute approximate surface area is 91.3 Å². The zero-order chi connectivity index (χ0) is 11.7. The lowest BCUT2D eigenvalue weighted by Crippen LogP contribution is -2.19. The number of Topliss-reactive ketones (excluding diaryl/α,β-unsaturated/α-hetero) is 1. The molecule has 1 aliphatic rings. The third-order valence-corrected chi connectivity index (χ3v) is 2.95. The first-order valence-corrected chi connectivity index (χ1v) is 5.26. The van der Waals surface area contributed by atoms with Gasteiger partial charge in [0.15, 0.2) is 11.6 Å². The van der Waals surface area contributed by atoms with E-state index < -0.39 is 23.4 Å². The summed E-state index contributed by atoms with van der Waals surface area (Å²) in [6, 6.07) is 1.42. The van der Waals surface area contributed by atoms with E-state index in [4.69, 9.17) is 0 Å². The number of hydrogen-bond donors (Lipinski definition) is 0. The highest BCUT2D eigenvalue weighted by Gasteiger charge is 2.28. The number of rotatable bonds is 1. The minimum absolute atomic E-state index is 0.129. The lowest BCUT2D eigenvalue weighted by Gasteiger charge is -2.21. The molecule has 0 bridgehead atoms.